The molecule has 0 bridgehead atoms. The van der Waals surface area contributed by atoms with Gasteiger partial charge >= 0.3 is 0 Å². The molecule has 1 saturated heterocycles. The molecule has 1 aliphatic heterocycles. The Labute approximate surface area is 97.3 Å². The molecule has 5 nitrogen and oxygen atoms in total. The molecule has 1 rings (SSSR count). The van der Waals surface area contributed by atoms with Crippen LogP contribution in [0.1, 0.15) is 0 Å². The molecule has 92 valence electrons. The predicted octanol–water partition coefficient (Wildman–Crippen LogP) is -1.22. The van der Waals surface area contributed by atoms with Gasteiger partial charge < -0.3 is 20.9 Å². The average Bonchev–Trinajstić information content (AvgIpc) is 2.64. The maximum absolute atomic E-state index is 11.6. The molecular formula is C11H22N4O. The van der Waals surface area contributed by atoms with E-state index >= 15 is 0 Å². The van der Waals surface area contributed by atoms with E-state index in [1.54, 1.807) is 6.08 Å². The Morgan fingerprint density at radius 2 is 2.12 bits per heavy atom. The molecule has 0 unspecified atom stereocenters. The Morgan fingerprint density at radius 1 is 1.44 bits per heavy atom. The molecular weight excluding hydrogens is 204 g/mol. The van der Waals surface area contributed by atoms with Crippen molar-refractivity contribution >= 4 is 5.91 Å². The number of likely N-dealkylation sites (N-methyl/N-ethyl adjacent to an activating group) is 2. The zero-order valence-electron chi connectivity index (χ0n) is 10.3. The number of nitrogens with zero attached hydrogens (tertiary/aromatic N) is 1. The lowest BCUT2D eigenvalue weighted by molar-refractivity contribution is -0.117. The minimum atomic E-state index is -0.0178. The van der Waals surface area contributed by atoms with Crippen LogP contribution in [0.25, 0.3) is 0 Å². The number of carbonyl (C=O) groups excluding carboxylic acids is 1. The summed E-state index contributed by atoms with van der Waals surface area (Å²) >= 11 is 0. The maximum Gasteiger partial charge on any atom is 0.244 e. The van der Waals surface area contributed by atoms with Crippen molar-refractivity contribution in [1.82, 2.24) is 20.9 Å². The largest absolute Gasteiger partial charge is 0.347 e. The van der Waals surface area contributed by atoms with Crippen LogP contribution in [-0.2, 0) is 4.79 Å². The Hall–Kier alpha value is -0.910. The van der Waals surface area contributed by atoms with Gasteiger partial charge in [0.05, 0.1) is 6.04 Å². The van der Waals surface area contributed by atoms with E-state index in [4.69, 9.17) is 0 Å². The number of hydrogen-bond acceptors (Lipinski definition) is 4. The van der Waals surface area contributed by atoms with Crippen molar-refractivity contribution in [3.63, 3.8) is 0 Å². The molecule has 2 atom stereocenters. The summed E-state index contributed by atoms with van der Waals surface area (Å²) < 4.78 is 0. The monoisotopic (exact) mass is 226 g/mol. The van der Waals surface area contributed by atoms with Crippen LogP contribution >= 0.6 is 0 Å². The third-order valence-electron chi connectivity index (χ3n) is 2.65. The topological polar surface area (TPSA) is 56.4 Å². The molecule has 1 heterocycles. The SMILES string of the molecule is CN[C@H]1CNC[C@@H]1NC(=O)/C=C/CN(C)C. The number of rotatable bonds is 5. The standard InChI is InChI=1S/C11H22N4O/c1-12-9-7-13-8-10(9)14-11(16)5-4-6-15(2)3/h4-5,9-10,12-13H,6-8H2,1-3H3,(H,14,16)/b5-4+/t9-,10-/m0/s1. The first-order valence-corrected chi connectivity index (χ1v) is 5.63. The molecule has 3 N–H and O–H groups in total. The molecule has 0 aromatic carbocycles. The first-order valence-electron chi connectivity index (χ1n) is 5.63. The van der Waals surface area contributed by atoms with Crippen molar-refractivity contribution < 1.29 is 4.79 Å². The Bertz CT molecular complexity index is 252. The molecule has 0 radical (unpaired) electrons. The van der Waals surface area contributed by atoms with Crippen LogP contribution in [0.2, 0.25) is 0 Å². The summed E-state index contributed by atoms with van der Waals surface area (Å²) in [6.07, 6.45) is 3.47. The molecule has 0 saturated carbocycles. The van der Waals surface area contributed by atoms with E-state index in [1.807, 2.05) is 32.1 Å². The van der Waals surface area contributed by atoms with Gasteiger partial charge in [0, 0.05) is 31.8 Å². The van der Waals surface area contributed by atoms with Gasteiger partial charge in [-0.2, -0.15) is 0 Å². The van der Waals surface area contributed by atoms with E-state index in [2.05, 4.69) is 16.0 Å². The van der Waals surface area contributed by atoms with Crippen molar-refractivity contribution in [1.29, 1.82) is 0 Å². The van der Waals surface area contributed by atoms with E-state index in [0.717, 1.165) is 19.6 Å². The van der Waals surface area contributed by atoms with Crippen LogP contribution in [0, 0.1) is 0 Å². The van der Waals surface area contributed by atoms with E-state index in [1.165, 1.54) is 0 Å². The summed E-state index contributed by atoms with van der Waals surface area (Å²) in [5.74, 6) is -0.0178. The van der Waals surface area contributed by atoms with E-state index in [0.29, 0.717) is 6.04 Å². The number of amides is 1. The maximum atomic E-state index is 11.6. The summed E-state index contributed by atoms with van der Waals surface area (Å²) in [7, 11) is 5.86. The second-order valence-corrected chi connectivity index (χ2v) is 4.33. The average molecular weight is 226 g/mol. The van der Waals surface area contributed by atoms with Gasteiger partial charge in [0.2, 0.25) is 5.91 Å². The highest BCUT2D eigenvalue weighted by Crippen LogP contribution is 1.98. The van der Waals surface area contributed by atoms with E-state index in [9.17, 15) is 4.79 Å². The van der Waals surface area contributed by atoms with Crippen molar-refractivity contribution in [3.8, 4) is 0 Å². The summed E-state index contributed by atoms with van der Waals surface area (Å²) in [4.78, 5) is 13.6. The van der Waals surface area contributed by atoms with Crippen LogP contribution in [0.3, 0.4) is 0 Å². The fourth-order valence-electron chi connectivity index (χ4n) is 1.74. The first-order chi connectivity index (χ1) is 7.63. The summed E-state index contributed by atoms with van der Waals surface area (Å²) in [5, 5.41) is 9.41. The van der Waals surface area contributed by atoms with Crippen molar-refractivity contribution in [3.05, 3.63) is 12.2 Å². The molecule has 1 aliphatic rings. The molecule has 0 aromatic rings. The lowest BCUT2D eigenvalue weighted by Crippen LogP contribution is -2.47. The van der Waals surface area contributed by atoms with Crippen molar-refractivity contribution in [2.24, 2.45) is 0 Å². The van der Waals surface area contributed by atoms with E-state index in [-0.39, 0.29) is 11.9 Å². The molecule has 16 heavy (non-hydrogen) atoms. The minimum Gasteiger partial charge on any atom is -0.347 e. The third-order valence-corrected chi connectivity index (χ3v) is 2.65. The zero-order valence-corrected chi connectivity index (χ0v) is 10.3. The number of hydrogen-bond donors (Lipinski definition) is 3. The Morgan fingerprint density at radius 3 is 2.75 bits per heavy atom. The van der Waals surface area contributed by atoms with Gasteiger partial charge in [-0.1, -0.05) is 6.08 Å². The summed E-state index contributed by atoms with van der Waals surface area (Å²) in [5.41, 5.74) is 0. The third kappa shape index (κ3) is 4.30. The quantitative estimate of drug-likeness (QED) is 0.514. The predicted molar refractivity (Wildman–Crippen MR) is 65.3 cm³/mol. The van der Waals surface area contributed by atoms with Crippen molar-refractivity contribution in [2.75, 3.05) is 40.8 Å². The van der Waals surface area contributed by atoms with Crippen LogP contribution in [-0.4, -0.2) is 63.7 Å². The molecule has 0 spiro atoms. The van der Waals surface area contributed by atoms with Gasteiger partial charge in [-0.25, -0.2) is 0 Å². The van der Waals surface area contributed by atoms with Gasteiger partial charge in [-0.15, -0.1) is 0 Å². The van der Waals surface area contributed by atoms with E-state index < -0.39 is 0 Å². The lowest BCUT2D eigenvalue weighted by atomic mass is 10.2. The van der Waals surface area contributed by atoms with Crippen LogP contribution in [0.15, 0.2) is 12.2 Å². The lowest BCUT2D eigenvalue weighted by Gasteiger charge is -2.18. The molecule has 1 amide bonds. The van der Waals surface area contributed by atoms with Gasteiger partial charge in [0.15, 0.2) is 0 Å². The molecule has 0 aromatic heterocycles. The number of carbonyl (C=O) groups is 1. The number of nitrogens with one attached hydrogen (secondary N) is 3. The fraction of sp³-hybridized carbons (Fsp3) is 0.727. The van der Waals surface area contributed by atoms with Gasteiger partial charge in [0.25, 0.3) is 0 Å². The van der Waals surface area contributed by atoms with Crippen LogP contribution < -0.4 is 16.0 Å². The summed E-state index contributed by atoms with van der Waals surface area (Å²) in [6.45, 7) is 2.52. The second kappa shape index (κ2) is 6.62. The smallest absolute Gasteiger partial charge is 0.244 e. The van der Waals surface area contributed by atoms with Gasteiger partial charge in [-0.05, 0) is 21.1 Å². The van der Waals surface area contributed by atoms with Gasteiger partial charge in [-0.3, -0.25) is 4.79 Å². The Balaban J connectivity index is 2.30. The first kappa shape index (κ1) is 13.2. The van der Waals surface area contributed by atoms with Gasteiger partial charge in [0.1, 0.15) is 0 Å². The normalized spacial score (nSPS) is 25.5. The highest BCUT2D eigenvalue weighted by atomic mass is 16.1. The van der Waals surface area contributed by atoms with Crippen LogP contribution in [0.5, 0.6) is 0 Å². The minimum absolute atomic E-state index is 0.0178. The fourth-order valence-corrected chi connectivity index (χ4v) is 1.74. The highest BCUT2D eigenvalue weighted by Gasteiger charge is 2.25. The Kier molecular flexibility index (Phi) is 5.45. The second-order valence-electron chi connectivity index (χ2n) is 4.33. The highest BCUT2D eigenvalue weighted by molar-refractivity contribution is 5.87. The summed E-state index contributed by atoms with van der Waals surface area (Å²) in [6, 6.07) is 0.507. The molecule has 0 aliphatic carbocycles. The van der Waals surface area contributed by atoms with Crippen molar-refractivity contribution in [2.45, 2.75) is 12.1 Å². The molecule has 5 heteroatoms. The van der Waals surface area contributed by atoms with Crippen LogP contribution in [0.4, 0.5) is 0 Å². The molecule has 1 fully saturated rings. The zero-order chi connectivity index (χ0) is 12.0.